The van der Waals surface area contributed by atoms with E-state index in [-0.39, 0.29) is 18.5 Å². The number of nitrogens with one attached hydrogen (secondary N) is 1. The van der Waals surface area contributed by atoms with Gasteiger partial charge in [-0.15, -0.1) is 0 Å². The van der Waals surface area contributed by atoms with Gasteiger partial charge in [0.25, 0.3) is 0 Å². The maximum atomic E-state index is 11.9. The van der Waals surface area contributed by atoms with Crippen LogP contribution in [0.4, 0.5) is 0 Å². The van der Waals surface area contributed by atoms with Crippen molar-refractivity contribution >= 4 is 27.5 Å². The van der Waals surface area contributed by atoms with E-state index >= 15 is 0 Å². The molecular weight excluding hydrogens is 312 g/mol. The Hall–Kier alpha value is -1.11. The van der Waals surface area contributed by atoms with Crippen LogP contribution in [0.15, 0.2) is 24.3 Å². The van der Waals surface area contributed by atoms with Gasteiger partial charge in [-0.1, -0.05) is 30.7 Å². The third-order valence-electron chi connectivity index (χ3n) is 3.21. The van der Waals surface area contributed by atoms with Gasteiger partial charge in [0.1, 0.15) is 0 Å². The molecule has 118 valence electrons. The second-order valence-electron chi connectivity index (χ2n) is 4.97. The molecule has 0 radical (unpaired) electrons. The van der Waals surface area contributed by atoms with Gasteiger partial charge < -0.3 is 5.32 Å². The van der Waals surface area contributed by atoms with Crippen LogP contribution in [0.5, 0.6) is 0 Å². The summed E-state index contributed by atoms with van der Waals surface area (Å²) in [6.07, 6.45) is 1.77. The molecule has 1 aromatic rings. The second kappa shape index (κ2) is 7.77. The molecule has 0 aromatic heterocycles. The smallest absolute Gasteiger partial charge is 0.235 e. The first-order valence-corrected chi connectivity index (χ1v) is 8.94. The Bertz CT molecular complexity index is 572. The molecule has 1 atom stereocenters. The average molecular weight is 333 g/mol. The molecule has 21 heavy (non-hydrogen) atoms. The fourth-order valence-electron chi connectivity index (χ4n) is 1.80. The maximum Gasteiger partial charge on any atom is 0.235 e. The number of nitrogens with zero attached hydrogens (tertiary/aromatic N) is 1. The summed E-state index contributed by atoms with van der Waals surface area (Å²) in [5.41, 5.74) is 0.905. The molecule has 0 saturated carbocycles. The van der Waals surface area contributed by atoms with Gasteiger partial charge in [-0.2, -0.15) is 4.31 Å². The zero-order valence-corrected chi connectivity index (χ0v) is 14.0. The highest BCUT2D eigenvalue weighted by atomic mass is 35.5. The van der Waals surface area contributed by atoms with E-state index in [9.17, 15) is 13.2 Å². The predicted octanol–water partition coefficient (Wildman–Crippen LogP) is 2.02. The molecule has 1 unspecified atom stereocenters. The Morgan fingerprint density at radius 2 is 1.90 bits per heavy atom. The molecule has 0 saturated heterocycles. The van der Waals surface area contributed by atoms with Gasteiger partial charge >= 0.3 is 0 Å². The van der Waals surface area contributed by atoms with Crippen LogP contribution in [-0.4, -0.2) is 37.5 Å². The molecule has 1 rings (SSSR count). The lowest BCUT2D eigenvalue weighted by atomic mass is 10.2. The van der Waals surface area contributed by atoms with E-state index in [1.165, 1.54) is 4.31 Å². The van der Waals surface area contributed by atoms with Crippen molar-refractivity contribution in [3.63, 3.8) is 0 Å². The molecule has 1 aromatic carbocycles. The highest BCUT2D eigenvalue weighted by Crippen LogP contribution is 2.10. The first-order chi connectivity index (χ1) is 9.74. The van der Waals surface area contributed by atoms with Crippen molar-refractivity contribution in [1.29, 1.82) is 0 Å². The second-order valence-corrected chi connectivity index (χ2v) is 7.34. The molecule has 0 spiro atoms. The molecule has 1 N–H and O–H groups in total. The lowest BCUT2D eigenvalue weighted by Crippen LogP contribution is -2.44. The van der Waals surface area contributed by atoms with E-state index in [0.29, 0.717) is 18.0 Å². The molecule has 0 bridgehead atoms. The minimum Gasteiger partial charge on any atom is -0.351 e. The number of rotatable bonds is 7. The Morgan fingerprint density at radius 3 is 2.38 bits per heavy atom. The molecule has 0 heterocycles. The summed E-state index contributed by atoms with van der Waals surface area (Å²) in [7, 11) is -3.40. The van der Waals surface area contributed by atoms with Gasteiger partial charge in [0.2, 0.25) is 15.9 Å². The fourth-order valence-corrected chi connectivity index (χ4v) is 3.08. The average Bonchev–Trinajstić information content (AvgIpc) is 2.42. The molecule has 0 aliphatic rings. The zero-order chi connectivity index (χ0) is 16.0. The largest absolute Gasteiger partial charge is 0.351 e. The Labute approximate surface area is 131 Å². The van der Waals surface area contributed by atoms with E-state index in [1.54, 1.807) is 19.1 Å². The summed E-state index contributed by atoms with van der Waals surface area (Å²) in [6, 6.07) is 6.90. The van der Waals surface area contributed by atoms with Crippen molar-refractivity contribution in [3.05, 3.63) is 34.9 Å². The molecule has 0 fully saturated rings. The zero-order valence-electron chi connectivity index (χ0n) is 12.5. The standard InChI is InChI=1S/C14H21ClN2O3S/c1-4-11(2)17(21(3,19)20)10-14(18)16-9-12-5-7-13(15)8-6-12/h5-8,11H,4,9-10H2,1-3H3,(H,16,18). The minimum atomic E-state index is -3.40. The Balaban J connectivity index is 2.60. The van der Waals surface area contributed by atoms with Crippen LogP contribution in [0.2, 0.25) is 5.02 Å². The molecule has 0 aliphatic heterocycles. The van der Waals surface area contributed by atoms with E-state index in [2.05, 4.69) is 5.32 Å². The summed E-state index contributed by atoms with van der Waals surface area (Å²) >= 11 is 5.78. The molecular formula is C14H21ClN2O3S. The number of amides is 1. The molecule has 0 aliphatic carbocycles. The SMILES string of the molecule is CCC(C)N(CC(=O)NCc1ccc(Cl)cc1)S(C)(=O)=O. The normalized spacial score (nSPS) is 13.2. The Kier molecular flexibility index (Phi) is 6.64. The van der Waals surface area contributed by atoms with Crippen molar-refractivity contribution in [3.8, 4) is 0 Å². The third kappa shape index (κ3) is 6.03. The van der Waals surface area contributed by atoms with Crippen molar-refractivity contribution in [2.45, 2.75) is 32.9 Å². The van der Waals surface area contributed by atoms with Crippen molar-refractivity contribution in [1.82, 2.24) is 9.62 Å². The number of benzene rings is 1. The van der Waals surface area contributed by atoms with Crippen LogP contribution in [0.3, 0.4) is 0 Å². The molecule has 5 nitrogen and oxygen atoms in total. The van der Waals surface area contributed by atoms with Crippen LogP contribution in [0.1, 0.15) is 25.8 Å². The van der Waals surface area contributed by atoms with Crippen LogP contribution in [0.25, 0.3) is 0 Å². The van der Waals surface area contributed by atoms with Gasteiger partial charge in [-0.25, -0.2) is 8.42 Å². The lowest BCUT2D eigenvalue weighted by molar-refractivity contribution is -0.121. The first kappa shape index (κ1) is 17.9. The van der Waals surface area contributed by atoms with E-state index < -0.39 is 10.0 Å². The van der Waals surface area contributed by atoms with Crippen molar-refractivity contribution in [2.24, 2.45) is 0 Å². The van der Waals surface area contributed by atoms with Gasteiger partial charge in [-0.3, -0.25) is 4.79 Å². The minimum absolute atomic E-state index is 0.165. The van der Waals surface area contributed by atoms with Gasteiger partial charge in [0.15, 0.2) is 0 Å². The van der Waals surface area contributed by atoms with Crippen molar-refractivity contribution < 1.29 is 13.2 Å². The monoisotopic (exact) mass is 332 g/mol. The highest BCUT2D eigenvalue weighted by molar-refractivity contribution is 7.88. The summed E-state index contributed by atoms with van der Waals surface area (Å²) in [6.45, 7) is 3.84. The number of sulfonamides is 1. The van der Waals surface area contributed by atoms with Crippen LogP contribution in [-0.2, 0) is 21.4 Å². The number of carbonyl (C=O) groups excluding carboxylic acids is 1. The van der Waals surface area contributed by atoms with E-state index in [4.69, 9.17) is 11.6 Å². The quantitative estimate of drug-likeness (QED) is 0.830. The topological polar surface area (TPSA) is 66.5 Å². The third-order valence-corrected chi connectivity index (χ3v) is 4.80. The van der Waals surface area contributed by atoms with E-state index in [0.717, 1.165) is 11.8 Å². The Morgan fingerprint density at radius 1 is 1.33 bits per heavy atom. The fraction of sp³-hybridized carbons (Fsp3) is 0.500. The maximum absolute atomic E-state index is 11.9. The number of hydrogen-bond donors (Lipinski definition) is 1. The van der Waals surface area contributed by atoms with E-state index in [1.807, 2.05) is 19.1 Å². The summed E-state index contributed by atoms with van der Waals surface area (Å²) in [5.74, 6) is -0.323. The van der Waals surface area contributed by atoms with Crippen LogP contribution < -0.4 is 5.32 Å². The predicted molar refractivity (Wildman–Crippen MR) is 84.6 cm³/mol. The molecule has 7 heteroatoms. The van der Waals surface area contributed by atoms with Gasteiger partial charge in [-0.05, 0) is 31.0 Å². The van der Waals surface area contributed by atoms with Gasteiger partial charge in [0, 0.05) is 17.6 Å². The summed E-state index contributed by atoms with van der Waals surface area (Å²) in [5, 5.41) is 3.34. The summed E-state index contributed by atoms with van der Waals surface area (Å²) < 4.78 is 24.6. The van der Waals surface area contributed by atoms with Crippen LogP contribution >= 0.6 is 11.6 Å². The lowest BCUT2D eigenvalue weighted by Gasteiger charge is -2.25. The number of halogens is 1. The number of hydrogen-bond acceptors (Lipinski definition) is 3. The van der Waals surface area contributed by atoms with Crippen molar-refractivity contribution in [2.75, 3.05) is 12.8 Å². The summed E-state index contributed by atoms with van der Waals surface area (Å²) in [4.78, 5) is 11.9. The van der Waals surface area contributed by atoms with Gasteiger partial charge in [0.05, 0.1) is 12.8 Å². The first-order valence-electron chi connectivity index (χ1n) is 6.72. The number of carbonyl (C=O) groups is 1. The highest BCUT2D eigenvalue weighted by Gasteiger charge is 2.24. The molecule has 1 amide bonds. The van der Waals surface area contributed by atoms with Crippen LogP contribution in [0, 0.1) is 0 Å².